The Morgan fingerprint density at radius 1 is 0.765 bits per heavy atom. The van der Waals surface area contributed by atoms with Crippen molar-refractivity contribution in [3.8, 4) is 0 Å². The summed E-state index contributed by atoms with van der Waals surface area (Å²) in [6, 6.07) is 0. The van der Waals surface area contributed by atoms with E-state index in [9.17, 15) is 20.4 Å². The molecule has 11 atom stereocenters. The number of fused-ring (bicyclic) bond motifs is 7. The van der Waals surface area contributed by atoms with Gasteiger partial charge in [0.15, 0.2) is 0 Å². The molecule has 0 aliphatic heterocycles. The van der Waals surface area contributed by atoms with Gasteiger partial charge in [-0.1, -0.05) is 67.0 Å². The Kier molecular flexibility index (Phi) is 5.28. The molecule has 0 aromatic heterocycles. The second-order valence-corrected chi connectivity index (χ2v) is 15.6. The van der Waals surface area contributed by atoms with Gasteiger partial charge in [0.1, 0.15) is 6.10 Å². The zero-order valence-electron chi connectivity index (χ0n) is 22.9. The molecule has 0 radical (unpaired) electrons. The largest absolute Gasteiger partial charge is 0.390 e. The number of aliphatic hydroxyl groups is 4. The molecule has 5 rings (SSSR count). The standard InChI is InChI=1S/C30H50O4/c1-25(2)11-12-27(5)13-14-28(6)17(18(27)16-25)15-19(31)22-29(28,7)10-9-20-26(3,4)23(33)21(32)24(34)30(20,22)8/h15,18-24,31-34H,9-14,16H2,1-8H3/t18-,19-,20+,21+,22+,23+,24-,27-,28-,29-,30+/m1/s1. The highest BCUT2D eigenvalue weighted by Gasteiger charge is 2.72. The molecule has 0 aromatic rings. The summed E-state index contributed by atoms with van der Waals surface area (Å²) in [6.07, 6.45) is 6.27. The molecule has 0 aromatic carbocycles. The van der Waals surface area contributed by atoms with Crippen molar-refractivity contribution < 1.29 is 20.4 Å². The van der Waals surface area contributed by atoms with Gasteiger partial charge in [-0.3, -0.25) is 0 Å². The van der Waals surface area contributed by atoms with E-state index >= 15 is 0 Å². The van der Waals surface area contributed by atoms with E-state index in [2.05, 4.69) is 47.6 Å². The third kappa shape index (κ3) is 2.86. The van der Waals surface area contributed by atoms with E-state index in [1.807, 2.05) is 13.8 Å². The van der Waals surface area contributed by atoms with Crippen molar-refractivity contribution in [2.24, 2.45) is 50.2 Å². The predicted molar refractivity (Wildman–Crippen MR) is 135 cm³/mol. The zero-order chi connectivity index (χ0) is 25.3. The lowest BCUT2D eigenvalue weighted by molar-refractivity contribution is -0.290. The first-order chi connectivity index (χ1) is 15.5. The molecule has 0 unspecified atom stereocenters. The van der Waals surface area contributed by atoms with E-state index in [0.717, 1.165) is 19.3 Å². The van der Waals surface area contributed by atoms with E-state index < -0.39 is 35.2 Å². The van der Waals surface area contributed by atoms with Crippen LogP contribution in [0, 0.1) is 50.2 Å². The van der Waals surface area contributed by atoms with Gasteiger partial charge in [-0.05, 0) is 83.9 Å². The fourth-order valence-corrected chi connectivity index (χ4v) is 10.7. The Morgan fingerprint density at radius 2 is 1.38 bits per heavy atom. The maximum absolute atomic E-state index is 11.9. The van der Waals surface area contributed by atoms with Gasteiger partial charge in [0.2, 0.25) is 0 Å². The predicted octanol–water partition coefficient (Wildman–Crippen LogP) is 5.08. The maximum atomic E-state index is 11.9. The summed E-state index contributed by atoms with van der Waals surface area (Å²) >= 11 is 0. The van der Waals surface area contributed by atoms with Crippen molar-refractivity contribution in [3.05, 3.63) is 11.6 Å². The van der Waals surface area contributed by atoms with Gasteiger partial charge in [-0.2, -0.15) is 0 Å². The molecule has 0 spiro atoms. The number of hydrogen-bond donors (Lipinski definition) is 4. The van der Waals surface area contributed by atoms with Gasteiger partial charge in [-0.25, -0.2) is 0 Å². The third-order valence-corrected chi connectivity index (χ3v) is 13.1. The molecule has 0 amide bonds. The lowest BCUT2D eigenvalue weighted by Gasteiger charge is -2.73. The highest BCUT2D eigenvalue weighted by atomic mass is 16.4. The first-order valence-corrected chi connectivity index (χ1v) is 13.9. The Hall–Kier alpha value is -0.420. The van der Waals surface area contributed by atoms with Crippen LogP contribution in [0.4, 0.5) is 0 Å². The van der Waals surface area contributed by atoms with E-state index in [-0.39, 0.29) is 22.7 Å². The van der Waals surface area contributed by atoms with Crippen molar-refractivity contribution in [1.82, 2.24) is 0 Å². The molecular formula is C30H50O4. The molecular weight excluding hydrogens is 424 g/mol. The van der Waals surface area contributed by atoms with Crippen LogP contribution in [0.15, 0.2) is 11.6 Å². The topological polar surface area (TPSA) is 80.9 Å². The highest BCUT2D eigenvalue weighted by Crippen LogP contribution is 2.75. The number of allylic oxidation sites excluding steroid dienone is 1. The van der Waals surface area contributed by atoms with Crippen molar-refractivity contribution in [3.63, 3.8) is 0 Å². The van der Waals surface area contributed by atoms with Crippen LogP contribution in [0.5, 0.6) is 0 Å². The van der Waals surface area contributed by atoms with E-state index in [4.69, 9.17) is 0 Å². The quantitative estimate of drug-likeness (QED) is 0.369. The Morgan fingerprint density at radius 3 is 2.03 bits per heavy atom. The van der Waals surface area contributed by atoms with E-state index in [1.165, 1.54) is 31.3 Å². The summed E-state index contributed by atoms with van der Waals surface area (Å²) in [6.45, 7) is 18.3. The van der Waals surface area contributed by atoms with E-state index in [0.29, 0.717) is 16.7 Å². The van der Waals surface area contributed by atoms with Crippen LogP contribution in [-0.4, -0.2) is 44.8 Å². The Balaban J connectivity index is 1.66. The van der Waals surface area contributed by atoms with Crippen LogP contribution in [0.3, 0.4) is 0 Å². The van der Waals surface area contributed by atoms with Crippen LogP contribution in [0.25, 0.3) is 0 Å². The number of rotatable bonds is 0. The normalized spacial score (nSPS) is 58.0. The average Bonchev–Trinajstić information content (AvgIpc) is 2.73. The fourth-order valence-electron chi connectivity index (χ4n) is 10.7. The molecule has 194 valence electrons. The van der Waals surface area contributed by atoms with Gasteiger partial charge in [0.25, 0.3) is 0 Å². The molecule has 5 aliphatic carbocycles. The van der Waals surface area contributed by atoms with Crippen molar-refractivity contribution >= 4 is 0 Å². The van der Waals surface area contributed by atoms with Crippen LogP contribution < -0.4 is 0 Å². The lowest BCUT2D eigenvalue weighted by Crippen LogP contribution is -2.73. The summed E-state index contributed by atoms with van der Waals surface area (Å²) in [7, 11) is 0. The van der Waals surface area contributed by atoms with Gasteiger partial charge in [-0.15, -0.1) is 0 Å². The molecule has 34 heavy (non-hydrogen) atoms. The molecule has 4 fully saturated rings. The molecule has 0 bridgehead atoms. The first kappa shape index (κ1) is 25.2. The first-order valence-electron chi connectivity index (χ1n) is 13.9. The van der Waals surface area contributed by atoms with Crippen LogP contribution in [0.1, 0.15) is 100 Å². The maximum Gasteiger partial charge on any atom is 0.107 e. The van der Waals surface area contributed by atoms with Crippen molar-refractivity contribution in [2.45, 2.75) is 125 Å². The minimum absolute atomic E-state index is 0.0298. The minimum Gasteiger partial charge on any atom is -0.390 e. The summed E-state index contributed by atoms with van der Waals surface area (Å²) in [5.74, 6) is 0.361. The molecule has 0 saturated heterocycles. The lowest BCUT2D eigenvalue weighted by atomic mass is 9.32. The fraction of sp³-hybridized carbons (Fsp3) is 0.933. The smallest absolute Gasteiger partial charge is 0.107 e. The molecule has 5 aliphatic rings. The second kappa shape index (κ2) is 7.11. The van der Waals surface area contributed by atoms with Crippen molar-refractivity contribution in [1.29, 1.82) is 0 Å². The highest BCUT2D eigenvalue weighted by molar-refractivity contribution is 5.36. The van der Waals surface area contributed by atoms with Gasteiger partial charge in [0, 0.05) is 11.3 Å². The third-order valence-electron chi connectivity index (χ3n) is 13.1. The molecule has 4 saturated carbocycles. The molecule has 4 heteroatoms. The Labute approximate surface area is 207 Å². The van der Waals surface area contributed by atoms with Crippen LogP contribution in [-0.2, 0) is 0 Å². The zero-order valence-corrected chi connectivity index (χ0v) is 22.9. The van der Waals surface area contributed by atoms with Gasteiger partial charge in [0.05, 0.1) is 18.3 Å². The Bertz CT molecular complexity index is 892. The molecule has 4 nitrogen and oxygen atoms in total. The van der Waals surface area contributed by atoms with Gasteiger partial charge < -0.3 is 20.4 Å². The number of aliphatic hydroxyl groups excluding tert-OH is 4. The molecule has 0 heterocycles. The number of hydrogen-bond acceptors (Lipinski definition) is 4. The monoisotopic (exact) mass is 474 g/mol. The summed E-state index contributed by atoms with van der Waals surface area (Å²) in [5, 5.41) is 45.4. The van der Waals surface area contributed by atoms with Crippen molar-refractivity contribution in [2.75, 3.05) is 0 Å². The minimum atomic E-state index is -1.20. The second-order valence-electron chi connectivity index (χ2n) is 15.6. The summed E-state index contributed by atoms with van der Waals surface area (Å²) in [4.78, 5) is 0. The average molecular weight is 475 g/mol. The summed E-state index contributed by atoms with van der Waals surface area (Å²) in [5.41, 5.74) is 0.686. The van der Waals surface area contributed by atoms with E-state index in [1.54, 1.807) is 0 Å². The van der Waals surface area contributed by atoms with Gasteiger partial charge >= 0.3 is 0 Å². The SMILES string of the molecule is CC1(C)CC[C@]2(C)CC[C@]3(C)C(=C[C@@H](O)[C@@H]4[C@@]5(C)[C@H](O)[C@@H](O)[C@H](O)C(C)(C)[C@@H]5CC[C@]43C)[C@H]2C1. The molecule has 4 N–H and O–H groups in total. The van der Waals surface area contributed by atoms with Crippen LogP contribution in [0.2, 0.25) is 0 Å². The summed E-state index contributed by atoms with van der Waals surface area (Å²) < 4.78 is 0. The van der Waals surface area contributed by atoms with Crippen LogP contribution >= 0.6 is 0 Å².